The number of ether oxygens (including phenoxy) is 1. The Morgan fingerprint density at radius 1 is 1.56 bits per heavy atom. The highest BCUT2D eigenvalue weighted by Crippen LogP contribution is 2.17. The lowest BCUT2D eigenvalue weighted by molar-refractivity contribution is -0.0212. The molecule has 2 heterocycles. The molecule has 1 atom stereocenters. The quantitative estimate of drug-likeness (QED) is 0.603. The summed E-state index contributed by atoms with van der Waals surface area (Å²) in [6, 6.07) is 0. The number of nitrogens with zero attached hydrogens (tertiary/aromatic N) is 3. The highest BCUT2D eigenvalue weighted by molar-refractivity contribution is 6.32. The molecule has 1 aromatic rings. The van der Waals surface area contributed by atoms with Crippen molar-refractivity contribution in [1.29, 1.82) is 0 Å². The van der Waals surface area contributed by atoms with Gasteiger partial charge in [0.2, 0.25) is 5.28 Å². The minimum Gasteiger partial charge on any atom is -0.376 e. The molecule has 0 radical (unpaired) electrons. The lowest BCUT2D eigenvalue weighted by Gasteiger charge is -2.31. The van der Waals surface area contributed by atoms with Gasteiger partial charge in [-0.05, 0) is 18.5 Å². The van der Waals surface area contributed by atoms with E-state index in [2.05, 4.69) is 21.8 Å². The maximum Gasteiger partial charge on any atom is 0.223 e. The number of halogens is 2. The molecule has 4 nitrogen and oxygen atoms in total. The number of hydrogen-bond acceptors (Lipinski definition) is 4. The zero-order valence-corrected chi connectivity index (χ0v) is 10.5. The fourth-order valence-corrected chi connectivity index (χ4v) is 2.11. The summed E-state index contributed by atoms with van der Waals surface area (Å²) in [4.78, 5) is 10.1. The van der Waals surface area contributed by atoms with Crippen LogP contribution in [0.25, 0.3) is 0 Å². The van der Waals surface area contributed by atoms with Crippen LogP contribution in [0, 0.1) is 0 Å². The first-order chi connectivity index (χ1) is 7.65. The van der Waals surface area contributed by atoms with Crippen molar-refractivity contribution in [3.63, 3.8) is 0 Å². The number of rotatable bonds is 2. The molecule has 16 heavy (non-hydrogen) atoms. The van der Waals surface area contributed by atoms with Gasteiger partial charge in [0.05, 0.1) is 12.7 Å². The summed E-state index contributed by atoms with van der Waals surface area (Å²) in [7, 11) is 0. The molecular weight excluding hydrogens is 249 g/mol. The second-order valence-corrected chi connectivity index (χ2v) is 4.57. The van der Waals surface area contributed by atoms with Crippen molar-refractivity contribution in [1.82, 2.24) is 14.9 Å². The highest BCUT2D eigenvalue weighted by atomic mass is 35.5. The van der Waals surface area contributed by atoms with Gasteiger partial charge in [0, 0.05) is 31.4 Å². The monoisotopic (exact) mass is 261 g/mol. The minimum absolute atomic E-state index is 0.184. The molecule has 6 heteroatoms. The average Bonchev–Trinajstić information content (AvgIpc) is 2.22. The van der Waals surface area contributed by atoms with Crippen molar-refractivity contribution in [2.75, 3.05) is 19.7 Å². The first-order valence-electron chi connectivity index (χ1n) is 5.16. The third-order valence-corrected chi connectivity index (χ3v) is 3.01. The zero-order chi connectivity index (χ0) is 11.5. The van der Waals surface area contributed by atoms with Crippen LogP contribution in [0.2, 0.25) is 10.4 Å². The van der Waals surface area contributed by atoms with Crippen molar-refractivity contribution in [3.05, 3.63) is 22.2 Å². The van der Waals surface area contributed by atoms with E-state index < -0.39 is 0 Å². The molecular formula is C10H13Cl2N3O. The molecule has 1 aliphatic rings. The highest BCUT2D eigenvalue weighted by Gasteiger charge is 2.18. The first-order valence-corrected chi connectivity index (χ1v) is 5.91. The van der Waals surface area contributed by atoms with Crippen LogP contribution in [0.3, 0.4) is 0 Å². The van der Waals surface area contributed by atoms with E-state index in [1.165, 1.54) is 0 Å². The molecule has 0 aromatic carbocycles. The summed E-state index contributed by atoms with van der Waals surface area (Å²) >= 11 is 11.6. The van der Waals surface area contributed by atoms with Gasteiger partial charge in [-0.1, -0.05) is 11.6 Å². The average molecular weight is 262 g/mol. The van der Waals surface area contributed by atoms with Crippen LogP contribution in [0.4, 0.5) is 0 Å². The van der Waals surface area contributed by atoms with Gasteiger partial charge >= 0.3 is 0 Å². The summed E-state index contributed by atoms with van der Waals surface area (Å²) in [5.41, 5.74) is 0.903. The van der Waals surface area contributed by atoms with Gasteiger partial charge in [-0.2, -0.15) is 0 Å². The van der Waals surface area contributed by atoms with E-state index >= 15 is 0 Å². The molecule has 2 rings (SSSR count). The maximum absolute atomic E-state index is 5.99. The van der Waals surface area contributed by atoms with Crippen LogP contribution in [0.5, 0.6) is 0 Å². The summed E-state index contributed by atoms with van der Waals surface area (Å²) in [5, 5.41) is 0.614. The van der Waals surface area contributed by atoms with E-state index in [1.807, 2.05) is 0 Å². The number of morpholine rings is 1. The summed E-state index contributed by atoms with van der Waals surface area (Å²) < 4.78 is 5.47. The Balaban J connectivity index is 2.02. The predicted octanol–water partition coefficient (Wildman–Crippen LogP) is 2.00. The standard InChI is InChI=1S/C10H13Cl2N3O/c1-7-5-15(2-3-16-7)6-8-4-13-10(12)14-9(8)11/h4,7H,2-3,5-6H2,1H3/t7-/m1/s1. The Morgan fingerprint density at radius 2 is 2.38 bits per heavy atom. The molecule has 0 bridgehead atoms. The molecule has 1 aromatic heterocycles. The van der Waals surface area contributed by atoms with Gasteiger partial charge in [-0.25, -0.2) is 9.97 Å². The molecule has 1 saturated heterocycles. The van der Waals surface area contributed by atoms with Gasteiger partial charge in [0.25, 0.3) is 0 Å². The normalized spacial score (nSPS) is 22.3. The van der Waals surface area contributed by atoms with E-state index in [1.54, 1.807) is 6.20 Å². The van der Waals surface area contributed by atoms with Gasteiger partial charge in [0.1, 0.15) is 5.15 Å². The van der Waals surface area contributed by atoms with Crippen LogP contribution >= 0.6 is 23.2 Å². The maximum atomic E-state index is 5.99. The van der Waals surface area contributed by atoms with Crippen LogP contribution in [0.1, 0.15) is 12.5 Å². The van der Waals surface area contributed by atoms with E-state index in [0.717, 1.165) is 31.8 Å². The van der Waals surface area contributed by atoms with Gasteiger partial charge in [-0.3, -0.25) is 4.90 Å². The van der Waals surface area contributed by atoms with E-state index in [4.69, 9.17) is 27.9 Å². The van der Waals surface area contributed by atoms with E-state index in [0.29, 0.717) is 5.15 Å². The van der Waals surface area contributed by atoms with Crippen molar-refractivity contribution in [2.45, 2.75) is 19.6 Å². The van der Waals surface area contributed by atoms with Crippen molar-refractivity contribution in [3.8, 4) is 0 Å². The van der Waals surface area contributed by atoms with Crippen LogP contribution in [-0.2, 0) is 11.3 Å². The third kappa shape index (κ3) is 3.04. The molecule has 0 spiro atoms. The fourth-order valence-electron chi connectivity index (χ4n) is 1.75. The molecule has 0 unspecified atom stereocenters. The SMILES string of the molecule is C[C@@H]1CN(Cc2cnc(Cl)nc2Cl)CCO1. The van der Waals surface area contributed by atoms with Crippen molar-refractivity contribution < 1.29 is 4.74 Å². The second-order valence-electron chi connectivity index (χ2n) is 3.87. The smallest absolute Gasteiger partial charge is 0.223 e. The molecule has 0 N–H and O–H groups in total. The van der Waals surface area contributed by atoms with Crippen molar-refractivity contribution in [2.24, 2.45) is 0 Å². The number of aromatic nitrogens is 2. The fraction of sp³-hybridized carbons (Fsp3) is 0.600. The Morgan fingerprint density at radius 3 is 3.06 bits per heavy atom. The molecule has 0 amide bonds. The van der Waals surface area contributed by atoms with Crippen molar-refractivity contribution >= 4 is 23.2 Å². The van der Waals surface area contributed by atoms with Gasteiger partial charge < -0.3 is 4.74 Å². The molecule has 1 fully saturated rings. The topological polar surface area (TPSA) is 38.2 Å². The predicted molar refractivity (Wildman–Crippen MR) is 62.7 cm³/mol. The Bertz CT molecular complexity index is 375. The molecule has 1 aliphatic heterocycles. The Kier molecular flexibility index (Phi) is 3.97. The Labute approximate surface area is 105 Å². The summed E-state index contributed by atoms with van der Waals surface area (Å²) in [6.07, 6.45) is 1.94. The lowest BCUT2D eigenvalue weighted by atomic mass is 10.2. The molecule has 88 valence electrons. The number of hydrogen-bond donors (Lipinski definition) is 0. The minimum atomic E-state index is 0.184. The Hall–Kier alpha value is -0.420. The van der Waals surface area contributed by atoms with Crippen LogP contribution < -0.4 is 0 Å². The molecule has 0 aliphatic carbocycles. The van der Waals surface area contributed by atoms with Gasteiger partial charge in [-0.15, -0.1) is 0 Å². The van der Waals surface area contributed by atoms with Crippen LogP contribution in [0.15, 0.2) is 6.20 Å². The largest absolute Gasteiger partial charge is 0.376 e. The van der Waals surface area contributed by atoms with E-state index in [-0.39, 0.29) is 11.4 Å². The lowest BCUT2D eigenvalue weighted by Crippen LogP contribution is -2.40. The first kappa shape index (κ1) is 12.0. The molecule has 0 saturated carbocycles. The second kappa shape index (κ2) is 5.27. The van der Waals surface area contributed by atoms with E-state index in [9.17, 15) is 0 Å². The zero-order valence-electron chi connectivity index (χ0n) is 8.99. The summed E-state index contributed by atoms with van der Waals surface area (Å²) in [5.74, 6) is 0. The van der Waals surface area contributed by atoms with Gasteiger partial charge in [0.15, 0.2) is 0 Å². The summed E-state index contributed by atoms with van der Waals surface area (Å²) in [6.45, 7) is 5.37. The third-order valence-electron chi connectivity index (χ3n) is 2.50. The van der Waals surface area contributed by atoms with Crippen LogP contribution in [-0.4, -0.2) is 40.7 Å².